The van der Waals surface area contributed by atoms with Crippen LogP contribution in [-0.2, 0) is 9.53 Å². The molecule has 0 saturated heterocycles. The van der Waals surface area contributed by atoms with Gasteiger partial charge in [0.2, 0.25) is 0 Å². The van der Waals surface area contributed by atoms with Crippen molar-refractivity contribution in [1.29, 1.82) is 0 Å². The number of hydrogen-bond donors (Lipinski definition) is 1. The first-order valence-corrected chi connectivity index (χ1v) is 8.78. The molecule has 0 aromatic heterocycles. The van der Waals surface area contributed by atoms with Crippen LogP contribution < -0.4 is 5.32 Å². The van der Waals surface area contributed by atoms with Crippen LogP contribution in [0.15, 0.2) is 48.5 Å². The van der Waals surface area contributed by atoms with Gasteiger partial charge in [0.05, 0.1) is 5.56 Å². The number of carbonyl (C=O) groups is 2. The minimum Gasteiger partial charge on any atom is -0.449 e. The fraction of sp³-hybridized carbons (Fsp3) is 0.300. The number of ether oxygens (including phenoxy) is 1. The summed E-state index contributed by atoms with van der Waals surface area (Å²) in [5.74, 6) is -1.96. The van der Waals surface area contributed by atoms with E-state index in [4.69, 9.17) is 16.3 Å². The van der Waals surface area contributed by atoms with Gasteiger partial charge in [-0.1, -0.05) is 48.9 Å². The van der Waals surface area contributed by atoms with Crippen molar-refractivity contribution >= 4 is 23.5 Å². The van der Waals surface area contributed by atoms with E-state index in [1.807, 2.05) is 37.3 Å². The second kappa shape index (κ2) is 9.34. The van der Waals surface area contributed by atoms with E-state index in [9.17, 15) is 14.0 Å². The van der Waals surface area contributed by atoms with E-state index in [1.165, 1.54) is 19.1 Å². The predicted molar refractivity (Wildman–Crippen MR) is 98.8 cm³/mol. The number of carbonyl (C=O) groups excluding carboxylic acids is 2. The van der Waals surface area contributed by atoms with Crippen LogP contribution in [0, 0.1) is 5.82 Å². The van der Waals surface area contributed by atoms with Crippen molar-refractivity contribution in [2.24, 2.45) is 0 Å². The van der Waals surface area contributed by atoms with Crippen molar-refractivity contribution in [3.05, 3.63) is 70.5 Å². The molecule has 2 atom stereocenters. The Morgan fingerprint density at radius 2 is 1.88 bits per heavy atom. The zero-order chi connectivity index (χ0) is 19.1. The molecule has 0 aliphatic rings. The Morgan fingerprint density at radius 3 is 2.50 bits per heavy atom. The summed E-state index contributed by atoms with van der Waals surface area (Å²) >= 11 is 5.66. The van der Waals surface area contributed by atoms with Crippen molar-refractivity contribution in [2.75, 3.05) is 6.54 Å². The lowest BCUT2D eigenvalue weighted by molar-refractivity contribution is -0.129. The SMILES string of the molecule is CC[C@H](CNC(=O)[C@H](C)OC(=O)c1ccc(Cl)cc1F)c1ccccc1. The molecule has 2 rings (SSSR count). The number of nitrogens with one attached hydrogen (secondary N) is 1. The van der Waals surface area contributed by atoms with Gasteiger partial charge < -0.3 is 10.1 Å². The molecule has 0 bridgehead atoms. The Balaban J connectivity index is 1.91. The van der Waals surface area contributed by atoms with Crippen LogP contribution in [0.3, 0.4) is 0 Å². The van der Waals surface area contributed by atoms with Crippen molar-refractivity contribution < 1.29 is 18.7 Å². The first-order chi connectivity index (χ1) is 12.4. The van der Waals surface area contributed by atoms with Crippen LogP contribution in [0.25, 0.3) is 0 Å². The fourth-order valence-corrected chi connectivity index (χ4v) is 2.68. The van der Waals surface area contributed by atoms with Gasteiger partial charge in [-0.3, -0.25) is 4.79 Å². The Labute approximate surface area is 157 Å². The van der Waals surface area contributed by atoms with Crippen molar-refractivity contribution in [3.8, 4) is 0 Å². The summed E-state index contributed by atoms with van der Waals surface area (Å²) in [6.45, 7) is 3.91. The topological polar surface area (TPSA) is 55.4 Å². The van der Waals surface area contributed by atoms with Gasteiger partial charge in [0.15, 0.2) is 6.10 Å². The Kier molecular flexibility index (Phi) is 7.16. The highest BCUT2D eigenvalue weighted by Gasteiger charge is 2.22. The molecule has 2 aromatic carbocycles. The number of rotatable bonds is 7. The maximum absolute atomic E-state index is 13.8. The number of esters is 1. The van der Waals surface area contributed by atoms with Crippen LogP contribution in [0.4, 0.5) is 4.39 Å². The molecule has 0 aliphatic heterocycles. The minimum absolute atomic E-state index is 0.164. The average Bonchev–Trinajstić information content (AvgIpc) is 2.62. The zero-order valence-electron chi connectivity index (χ0n) is 14.7. The van der Waals surface area contributed by atoms with E-state index >= 15 is 0 Å². The Hall–Kier alpha value is -2.40. The number of halogens is 2. The van der Waals surface area contributed by atoms with Gasteiger partial charge in [0.25, 0.3) is 5.91 Å². The smallest absolute Gasteiger partial charge is 0.341 e. The molecule has 4 nitrogen and oxygen atoms in total. The maximum atomic E-state index is 13.8. The maximum Gasteiger partial charge on any atom is 0.341 e. The molecular formula is C20H21ClFNO3. The third-order valence-electron chi connectivity index (χ3n) is 4.09. The third-order valence-corrected chi connectivity index (χ3v) is 4.33. The van der Waals surface area contributed by atoms with E-state index < -0.39 is 23.8 Å². The van der Waals surface area contributed by atoms with Crippen LogP contribution in [0.1, 0.15) is 42.1 Å². The summed E-state index contributed by atoms with van der Waals surface area (Å²) in [5.41, 5.74) is 0.868. The van der Waals surface area contributed by atoms with E-state index in [2.05, 4.69) is 5.32 Å². The van der Waals surface area contributed by atoms with Crippen LogP contribution in [-0.4, -0.2) is 24.5 Å². The molecule has 0 heterocycles. The summed E-state index contributed by atoms with van der Waals surface area (Å²) in [5, 5.41) is 2.96. The highest BCUT2D eigenvalue weighted by atomic mass is 35.5. The van der Waals surface area contributed by atoms with E-state index in [1.54, 1.807) is 0 Å². The Bertz CT molecular complexity index is 767. The van der Waals surface area contributed by atoms with Crippen molar-refractivity contribution in [2.45, 2.75) is 32.3 Å². The van der Waals surface area contributed by atoms with E-state index in [-0.39, 0.29) is 16.5 Å². The van der Waals surface area contributed by atoms with Crippen molar-refractivity contribution in [1.82, 2.24) is 5.32 Å². The molecule has 0 spiro atoms. The van der Waals surface area contributed by atoms with Crippen LogP contribution >= 0.6 is 11.6 Å². The van der Waals surface area contributed by atoms with Gasteiger partial charge in [-0.15, -0.1) is 0 Å². The molecule has 0 radical (unpaired) electrons. The normalized spacial score (nSPS) is 12.9. The van der Waals surface area contributed by atoms with E-state index in [0.29, 0.717) is 6.54 Å². The monoisotopic (exact) mass is 377 g/mol. The minimum atomic E-state index is -1.04. The number of hydrogen-bond acceptors (Lipinski definition) is 3. The first kappa shape index (κ1) is 19.9. The molecular weight excluding hydrogens is 357 g/mol. The lowest BCUT2D eigenvalue weighted by Gasteiger charge is -2.18. The van der Waals surface area contributed by atoms with Crippen LogP contribution in [0.2, 0.25) is 5.02 Å². The first-order valence-electron chi connectivity index (χ1n) is 8.41. The molecule has 0 aliphatic carbocycles. The molecule has 1 N–H and O–H groups in total. The van der Waals surface area contributed by atoms with E-state index in [0.717, 1.165) is 18.1 Å². The highest BCUT2D eigenvalue weighted by Crippen LogP contribution is 2.18. The molecule has 0 unspecified atom stereocenters. The summed E-state index contributed by atoms with van der Waals surface area (Å²) in [6.07, 6.45) is -0.181. The third kappa shape index (κ3) is 5.30. The standard InChI is InChI=1S/C20H21ClFNO3/c1-3-14(15-7-5-4-6-8-15)12-23-19(24)13(2)26-20(25)17-10-9-16(21)11-18(17)22/h4-11,13-14H,3,12H2,1-2H3,(H,23,24)/t13-,14+/m0/s1. The molecule has 2 aromatic rings. The highest BCUT2D eigenvalue weighted by molar-refractivity contribution is 6.30. The second-order valence-corrected chi connectivity index (χ2v) is 6.37. The molecule has 1 amide bonds. The number of benzene rings is 2. The summed E-state index contributed by atoms with van der Waals surface area (Å²) < 4.78 is 18.8. The van der Waals surface area contributed by atoms with Crippen molar-refractivity contribution in [3.63, 3.8) is 0 Å². The van der Waals surface area contributed by atoms with Gasteiger partial charge in [0, 0.05) is 17.5 Å². The van der Waals surface area contributed by atoms with Gasteiger partial charge in [-0.2, -0.15) is 0 Å². The molecule has 26 heavy (non-hydrogen) atoms. The summed E-state index contributed by atoms with van der Waals surface area (Å²) in [6, 6.07) is 13.5. The van der Waals surface area contributed by atoms with Gasteiger partial charge in [-0.25, -0.2) is 9.18 Å². The van der Waals surface area contributed by atoms with Gasteiger partial charge >= 0.3 is 5.97 Å². The molecule has 138 valence electrons. The average molecular weight is 378 g/mol. The lowest BCUT2D eigenvalue weighted by Crippen LogP contribution is -2.38. The zero-order valence-corrected chi connectivity index (χ0v) is 15.4. The Morgan fingerprint density at radius 1 is 1.19 bits per heavy atom. The second-order valence-electron chi connectivity index (χ2n) is 5.93. The number of amides is 1. The molecule has 0 saturated carbocycles. The quantitative estimate of drug-likeness (QED) is 0.730. The van der Waals surface area contributed by atoms with Crippen LogP contribution in [0.5, 0.6) is 0 Å². The fourth-order valence-electron chi connectivity index (χ4n) is 2.52. The van der Waals surface area contributed by atoms with Gasteiger partial charge in [-0.05, 0) is 37.1 Å². The summed E-state index contributed by atoms with van der Waals surface area (Å²) in [7, 11) is 0. The lowest BCUT2D eigenvalue weighted by atomic mass is 9.96. The molecule has 6 heteroatoms. The predicted octanol–water partition coefficient (Wildman–Crippen LogP) is 4.33. The van der Waals surface area contributed by atoms with Gasteiger partial charge in [0.1, 0.15) is 5.82 Å². The largest absolute Gasteiger partial charge is 0.449 e. The molecule has 0 fully saturated rings. The summed E-state index contributed by atoms with van der Waals surface area (Å²) in [4.78, 5) is 24.2.